The maximum absolute atomic E-state index is 13.4. The number of nitrogens with one attached hydrogen (secondary N) is 1. The lowest BCUT2D eigenvalue weighted by molar-refractivity contribution is 0.0953. The second-order valence-corrected chi connectivity index (χ2v) is 9.14. The number of aryl methyl sites for hydroxylation is 2. The third kappa shape index (κ3) is 4.68. The number of benzene rings is 2. The molecule has 1 amide bonds. The maximum atomic E-state index is 13.4. The van der Waals surface area contributed by atoms with E-state index >= 15 is 0 Å². The summed E-state index contributed by atoms with van der Waals surface area (Å²) in [5.74, 6) is 0.242. The van der Waals surface area contributed by atoms with Crippen molar-refractivity contribution in [1.82, 2.24) is 10.3 Å². The first kappa shape index (κ1) is 21.5. The molecule has 0 saturated carbocycles. The fraction of sp³-hybridized carbons (Fsp3) is 0.217. The molecule has 1 atom stereocenters. The second kappa shape index (κ2) is 9.09. The van der Waals surface area contributed by atoms with E-state index in [9.17, 15) is 13.2 Å². The first-order valence-corrected chi connectivity index (χ1v) is 11.0. The minimum Gasteiger partial charge on any atom is -0.497 e. The molecule has 7 heteroatoms. The zero-order valence-corrected chi connectivity index (χ0v) is 17.9. The summed E-state index contributed by atoms with van der Waals surface area (Å²) in [6.45, 7) is 3.82. The Morgan fingerprint density at radius 2 is 1.80 bits per heavy atom. The number of pyridine rings is 1. The van der Waals surface area contributed by atoms with E-state index in [1.165, 1.54) is 25.4 Å². The van der Waals surface area contributed by atoms with Gasteiger partial charge in [0.05, 0.1) is 12.0 Å². The molecule has 0 aliphatic rings. The van der Waals surface area contributed by atoms with Crippen LogP contribution in [0.1, 0.15) is 32.3 Å². The molecule has 1 unspecified atom stereocenters. The van der Waals surface area contributed by atoms with Gasteiger partial charge in [-0.15, -0.1) is 0 Å². The highest BCUT2D eigenvalue weighted by molar-refractivity contribution is 7.91. The minimum atomic E-state index is -3.78. The highest BCUT2D eigenvalue weighted by Crippen LogP contribution is 2.29. The molecule has 0 aliphatic heterocycles. The molecule has 3 rings (SSSR count). The van der Waals surface area contributed by atoms with E-state index in [2.05, 4.69) is 10.3 Å². The summed E-state index contributed by atoms with van der Waals surface area (Å²) in [6, 6.07) is 15.0. The Morgan fingerprint density at radius 3 is 2.40 bits per heavy atom. The maximum Gasteiger partial charge on any atom is 0.251 e. The summed E-state index contributed by atoms with van der Waals surface area (Å²) >= 11 is 0. The number of amides is 1. The van der Waals surface area contributed by atoms with Gasteiger partial charge in [-0.3, -0.25) is 9.78 Å². The second-order valence-electron chi connectivity index (χ2n) is 7.00. The van der Waals surface area contributed by atoms with Gasteiger partial charge in [0, 0.05) is 24.5 Å². The summed E-state index contributed by atoms with van der Waals surface area (Å²) in [5, 5.41) is 1.80. The normalized spacial score (nSPS) is 12.2. The van der Waals surface area contributed by atoms with E-state index in [-0.39, 0.29) is 17.3 Å². The van der Waals surface area contributed by atoms with Crippen LogP contribution in [0.3, 0.4) is 0 Å². The van der Waals surface area contributed by atoms with Gasteiger partial charge < -0.3 is 10.1 Å². The molecule has 0 bridgehead atoms. The Balaban J connectivity index is 1.89. The van der Waals surface area contributed by atoms with Crippen molar-refractivity contribution < 1.29 is 17.9 Å². The Labute approximate surface area is 176 Å². The van der Waals surface area contributed by atoms with Gasteiger partial charge in [-0.05, 0) is 73.0 Å². The zero-order valence-electron chi connectivity index (χ0n) is 17.1. The molecule has 30 heavy (non-hydrogen) atoms. The van der Waals surface area contributed by atoms with Gasteiger partial charge in [0.15, 0.2) is 9.84 Å². The molecule has 0 spiro atoms. The molecule has 0 aliphatic carbocycles. The Kier molecular flexibility index (Phi) is 6.52. The van der Waals surface area contributed by atoms with Crippen LogP contribution in [0.5, 0.6) is 5.75 Å². The largest absolute Gasteiger partial charge is 0.497 e. The number of hydrogen-bond acceptors (Lipinski definition) is 5. The molecule has 0 fully saturated rings. The molecule has 0 radical (unpaired) electrons. The standard InChI is InChI=1S/C23H24N2O4S/c1-16-6-7-18(13-17(16)2)23(26)25-15-22(19-5-4-12-24-14-19)30(27,28)21-10-8-20(29-3)9-11-21/h4-14,22H,15H2,1-3H3,(H,25,26). The van der Waals surface area contributed by atoms with Crippen LogP contribution >= 0.6 is 0 Å². The van der Waals surface area contributed by atoms with Crippen molar-refractivity contribution in [2.45, 2.75) is 24.0 Å². The van der Waals surface area contributed by atoms with Crippen LogP contribution in [0.25, 0.3) is 0 Å². The van der Waals surface area contributed by atoms with Crippen molar-refractivity contribution in [2.24, 2.45) is 0 Å². The molecule has 0 saturated heterocycles. The number of nitrogens with zero attached hydrogens (tertiary/aromatic N) is 1. The number of rotatable bonds is 7. The fourth-order valence-corrected chi connectivity index (χ4v) is 4.72. The number of aromatic nitrogens is 1. The predicted molar refractivity (Wildman–Crippen MR) is 115 cm³/mol. The van der Waals surface area contributed by atoms with Gasteiger partial charge in [-0.1, -0.05) is 12.1 Å². The fourth-order valence-electron chi connectivity index (χ4n) is 3.07. The average molecular weight is 425 g/mol. The van der Waals surface area contributed by atoms with Crippen LogP contribution in [0.15, 0.2) is 71.9 Å². The molecular weight excluding hydrogens is 400 g/mol. The van der Waals surface area contributed by atoms with Gasteiger partial charge in [0.25, 0.3) is 5.91 Å². The summed E-state index contributed by atoms with van der Waals surface area (Å²) in [6.07, 6.45) is 3.09. The number of carbonyl (C=O) groups excluding carboxylic acids is 1. The average Bonchev–Trinajstić information content (AvgIpc) is 2.76. The molecule has 1 heterocycles. The van der Waals surface area contributed by atoms with Crippen molar-refractivity contribution in [2.75, 3.05) is 13.7 Å². The van der Waals surface area contributed by atoms with Crippen LogP contribution in [0.2, 0.25) is 0 Å². The van der Waals surface area contributed by atoms with Gasteiger partial charge in [-0.2, -0.15) is 0 Å². The molecule has 3 aromatic rings. The minimum absolute atomic E-state index is 0.0776. The highest BCUT2D eigenvalue weighted by atomic mass is 32.2. The van der Waals surface area contributed by atoms with Crippen molar-refractivity contribution >= 4 is 15.7 Å². The summed E-state index contributed by atoms with van der Waals surface area (Å²) in [5.41, 5.74) is 3.08. The summed E-state index contributed by atoms with van der Waals surface area (Å²) in [4.78, 5) is 16.9. The number of methoxy groups -OCH3 is 1. The van der Waals surface area contributed by atoms with Crippen molar-refractivity contribution in [3.05, 3.63) is 89.2 Å². The topological polar surface area (TPSA) is 85.4 Å². The molecule has 2 aromatic carbocycles. The van der Waals surface area contributed by atoms with Crippen molar-refractivity contribution in [1.29, 1.82) is 0 Å². The quantitative estimate of drug-likeness (QED) is 0.626. The van der Waals surface area contributed by atoms with Gasteiger partial charge in [-0.25, -0.2) is 8.42 Å². The highest BCUT2D eigenvalue weighted by Gasteiger charge is 2.30. The van der Waals surface area contributed by atoms with E-state index in [0.717, 1.165) is 11.1 Å². The van der Waals surface area contributed by atoms with Gasteiger partial charge in [0.2, 0.25) is 0 Å². The monoisotopic (exact) mass is 424 g/mol. The Hall–Kier alpha value is -3.19. The Bertz CT molecular complexity index is 1130. The van der Waals surface area contributed by atoms with Crippen LogP contribution in [-0.4, -0.2) is 33.0 Å². The zero-order chi connectivity index (χ0) is 21.7. The number of hydrogen-bond donors (Lipinski definition) is 1. The molecule has 6 nitrogen and oxygen atoms in total. The first-order valence-electron chi connectivity index (χ1n) is 9.46. The predicted octanol–water partition coefficient (Wildman–Crippen LogP) is 3.65. The number of sulfone groups is 1. The Morgan fingerprint density at radius 1 is 1.07 bits per heavy atom. The molecule has 1 aromatic heterocycles. The summed E-state index contributed by atoms with van der Waals surface area (Å²) in [7, 11) is -2.26. The first-order chi connectivity index (χ1) is 14.3. The van der Waals surface area contributed by atoms with Gasteiger partial charge >= 0.3 is 0 Å². The van der Waals surface area contributed by atoms with Crippen LogP contribution in [0.4, 0.5) is 0 Å². The lowest BCUT2D eigenvalue weighted by atomic mass is 10.1. The number of carbonyl (C=O) groups is 1. The van der Waals surface area contributed by atoms with Crippen LogP contribution in [0, 0.1) is 13.8 Å². The number of ether oxygens (including phenoxy) is 1. The van der Waals surface area contributed by atoms with E-state index in [1.807, 2.05) is 19.9 Å². The van der Waals surface area contributed by atoms with E-state index in [0.29, 0.717) is 16.9 Å². The SMILES string of the molecule is COc1ccc(S(=O)(=O)C(CNC(=O)c2ccc(C)c(C)c2)c2cccnc2)cc1. The molecule has 156 valence electrons. The van der Waals surface area contributed by atoms with E-state index < -0.39 is 15.1 Å². The summed E-state index contributed by atoms with van der Waals surface area (Å²) < 4.78 is 31.8. The van der Waals surface area contributed by atoms with E-state index in [4.69, 9.17) is 4.74 Å². The van der Waals surface area contributed by atoms with Crippen molar-refractivity contribution in [3.63, 3.8) is 0 Å². The molecule has 1 N–H and O–H groups in total. The molecular formula is C23H24N2O4S. The third-order valence-corrected chi connectivity index (χ3v) is 7.15. The lowest BCUT2D eigenvalue weighted by Gasteiger charge is -2.19. The third-order valence-electron chi connectivity index (χ3n) is 5.04. The van der Waals surface area contributed by atoms with Crippen LogP contribution < -0.4 is 10.1 Å². The van der Waals surface area contributed by atoms with Crippen molar-refractivity contribution in [3.8, 4) is 5.75 Å². The van der Waals surface area contributed by atoms with Gasteiger partial charge in [0.1, 0.15) is 11.0 Å². The van der Waals surface area contributed by atoms with E-state index in [1.54, 1.807) is 42.6 Å². The smallest absolute Gasteiger partial charge is 0.251 e. The lowest BCUT2D eigenvalue weighted by Crippen LogP contribution is -2.32. The van der Waals surface area contributed by atoms with Crippen LogP contribution in [-0.2, 0) is 9.84 Å².